The van der Waals surface area contributed by atoms with Gasteiger partial charge in [-0.05, 0) is 59.0 Å². The van der Waals surface area contributed by atoms with Crippen molar-refractivity contribution < 1.29 is 9.59 Å². The molecule has 0 atom stereocenters. The molecule has 2 saturated heterocycles. The van der Waals surface area contributed by atoms with E-state index in [1.165, 1.54) is 0 Å². The van der Waals surface area contributed by atoms with E-state index in [1.807, 2.05) is 65.3 Å². The first-order chi connectivity index (χ1) is 18.1. The van der Waals surface area contributed by atoms with E-state index >= 15 is 0 Å². The first kappa shape index (κ1) is 23.7. The van der Waals surface area contributed by atoms with Crippen LogP contribution in [-0.2, 0) is 0 Å². The monoisotopic (exact) mass is 491 g/mol. The largest absolute Gasteiger partial charge is 0.339 e. The summed E-state index contributed by atoms with van der Waals surface area (Å²) in [4.78, 5) is 33.4. The highest BCUT2D eigenvalue weighted by atomic mass is 16.2. The SMILES string of the molecule is Cc1ccccc1C(=O)N1CCC(N2CCN(C(=O)c3c4ccccc4cc4ccccc34)CC2)CC1. The third-order valence-electron chi connectivity index (χ3n) is 8.23. The molecule has 0 aliphatic carbocycles. The van der Waals surface area contributed by atoms with Crippen LogP contribution < -0.4 is 0 Å². The minimum Gasteiger partial charge on any atom is -0.339 e. The molecule has 2 fully saturated rings. The molecule has 0 radical (unpaired) electrons. The van der Waals surface area contributed by atoms with Crippen LogP contribution in [0.2, 0.25) is 0 Å². The smallest absolute Gasteiger partial charge is 0.255 e. The summed E-state index contributed by atoms with van der Waals surface area (Å²) in [5, 5.41) is 4.27. The fourth-order valence-electron chi connectivity index (χ4n) is 6.11. The van der Waals surface area contributed by atoms with Gasteiger partial charge in [0.2, 0.25) is 0 Å². The standard InChI is InChI=1S/C32H33N3O2/c1-23-8-2-5-11-27(23)31(36)34-16-14-26(15-17-34)33-18-20-35(21-19-33)32(37)30-28-12-6-3-9-24(28)22-25-10-4-7-13-29(25)30/h2-13,22,26H,14-21H2,1H3. The summed E-state index contributed by atoms with van der Waals surface area (Å²) in [7, 11) is 0. The Balaban J connectivity index is 1.12. The van der Waals surface area contributed by atoms with Gasteiger partial charge >= 0.3 is 0 Å². The number of piperazine rings is 1. The number of nitrogens with zero attached hydrogens (tertiary/aromatic N) is 3. The number of benzene rings is 4. The highest BCUT2D eigenvalue weighted by Gasteiger charge is 2.31. The number of hydrogen-bond acceptors (Lipinski definition) is 3. The fraction of sp³-hybridized carbons (Fsp3) is 0.312. The van der Waals surface area contributed by atoms with Gasteiger partial charge in [0, 0.05) is 50.9 Å². The molecule has 0 spiro atoms. The lowest BCUT2D eigenvalue weighted by atomic mass is 9.95. The second-order valence-electron chi connectivity index (χ2n) is 10.4. The second-order valence-corrected chi connectivity index (χ2v) is 10.4. The fourth-order valence-corrected chi connectivity index (χ4v) is 6.11. The Labute approximate surface area is 218 Å². The maximum absolute atomic E-state index is 13.9. The highest BCUT2D eigenvalue weighted by Crippen LogP contribution is 2.30. The summed E-state index contributed by atoms with van der Waals surface area (Å²) >= 11 is 0. The van der Waals surface area contributed by atoms with Crippen LogP contribution in [0.3, 0.4) is 0 Å². The van der Waals surface area contributed by atoms with Crippen LogP contribution in [0, 0.1) is 6.92 Å². The van der Waals surface area contributed by atoms with Gasteiger partial charge < -0.3 is 9.80 Å². The third kappa shape index (κ3) is 4.49. The Hall–Kier alpha value is -3.70. The van der Waals surface area contributed by atoms with E-state index in [2.05, 4.69) is 35.2 Å². The van der Waals surface area contributed by atoms with Crippen molar-refractivity contribution in [2.45, 2.75) is 25.8 Å². The van der Waals surface area contributed by atoms with E-state index in [0.717, 1.165) is 90.3 Å². The van der Waals surface area contributed by atoms with Crippen LogP contribution in [0.15, 0.2) is 78.9 Å². The van der Waals surface area contributed by atoms with E-state index in [-0.39, 0.29) is 11.8 Å². The predicted molar refractivity (Wildman–Crippen MR) is 149 cm³/mol. The average molecular weight is 492 g/mol. The molecule has 0 unspecified atom stereocenters. The Bertz CT molecular complexity index is 1410. The molecule has 4 aromatic rings. The number of fused-ring (bicyclic) bond motifs is 2. The zero-order valence-corrected chi connectivity index (χ0v) is 21.4. The third-order valence-corrected chi connectivity index (χ3v) is 8.23. The molecule has 5 heteroatoms. The summed E-state index contributed by atoms with van der Waals surface area (Å²) in [5.74, 6) is 0.278. The maximum atomic E-state index is 13.9. The van der Waals surface area contributed by atoms with E-state index < -0.39 is 0 Å². The molecular weight excluding hydrogens is 458 g/mol. The first-order valence-corrected chi connectivity index (χ1v) is 13.4. The number of rotatable bonds is 3. The van der Waals surface area contributed by atoms with Gasteiger partial charge in [0.15, 0.2) is 0 Å². The Morgan fingerprint density at radius 2 is 1.19 bits per heavy atom. The zero-order valence-electron chi connectivity index (χ0n) is 21.4. The van der Waals surface area contributed by atoms with Gasteiger partial charge in [-0.2, -0.15) is 0 Å². The van der Waals surface area contributed by atoms with Crippen molar-refractivity contribution in [2.75, 3.05) is 39.3 Å². The summed E-state index contributed by atoms with van der Waals surface area (Å²) in [5.41, 5.74) is 2.67. The molecule has 0 N–H and O–H groups in total. The maximum Gasteiger partial charge on any atom is 0.255 e. The lowest BCUT2D eigenvalue weighted by molar-refractivity contribution is 0.0413. The van der Waals surface area contributed by atoms with Crippen molar-refractivity contribution in [1.29, 1.82) is 0 Å². The van der Waals surface area contributed by atoms with Gasteiger partial charge in [-0.1, -0.05) is 66.7 Å². The van der Waals surface area contributed by atoms with Crippen molar-refractivity contribution in [3.8, 4) is 0 Å². The summed E-state index contributed by atoms with van der Waals surface area (Å²) < 4.78 is 0. The van der Waals surface area contributed by atoms with Crippen molar-refractivity contribution >= 4 is 33.4 Å². The van der Waals surface area contributed by atoms with E-state index in [1.54, 1.807) is 0 Å². The molecule has 37 heavy (non-hydrogen) atoms. The molecule has 4 aromatic carbocycles. The number of hydrogen-bond donors (Lipinski definition) is 0. The second kappa shape index (κ2) is 9.98. The highest BCUT2D eigenvalue weighted by molar-refractivity contribution is 6.18. The van der Waals surface area contributed by atoms with Gasteiger partial charge in [0.05, 0.1) is 5.56 Å². The van der Waals surface area contributed by atoms with Crippen LogP contribution >= 0.6 is 0 Å². The van der Waals surface area contributed by atoms with Crippen molar-refractivity contribution in [3.05, 3.63) is 95.6 Å². The molecule has 2 heterocycles. The summed E-state index contributed by atoms with van der Waals surface area (Å²) in [6.07, 6.45) is 1.97. The van der Waals surface area contributed by atoms with E-state index in [0.29, 0.717) is 6.04 Å². The number of carbonyl (C=O) groups is 2. The Morgan fingerprint density at radius 3 is 1.81 bits per heavy atom. The van der Waals surface area contributed by atoms with Gasteiger partial charge in [0.1, 0.15) is 0 Å². The quantitative estimate of drug-likeness (QED) is 0.362. The molecular formula is C32H33N3O2. The molecule has 0 aromatic heterocycles. The first-order valence-electron chi connectivity index (χ1n) is 13.4. The lowest BCUT2D eigenvalue weighted by Gasteiger charge is -2.43. The number of likely N-dealkylation sites (tertiary alicyclic amines) is 1. The number of piperidine rings is 1. The van der Waals surface area contributed by atoms with Crippen LogP contribution in [-0.4, -0.2) is 71.8 Å². The molecule has 2 aliphatic heterocycles. The van der Waals surface area contributed by atoms with Crippen LogP contribution in [0.1, 0.15) is 39.1 Å². The molecule has 6 rings (SSSR count). The molecule has 188 valence electrons. The van der Waals surface area contributed by atoms with Gasteiger partial charge in [-0.3, -0.25) is 14.5 Å². The lowest BCUT2D eigenvalue weighted by Crippen LogP contribution is -2.54. The molecule has 2 amide bonds. The molecule has 5 nitrogen and oxygen atoms in total. The normalized spacial score (nSPS) is 17.4. The number of carbonyl (C=O) groups excluding carboxylic acids is 2. The van der Waals surface area contributed by atoms with Gasteiger partial charge in [-0.15, -0.1) is 0 Å². The van der Waals surface area contributed by atoms with E-state index in [9.17, 15) is 9.59 Å². The van der Waals surface area contributed by atoms with Crippen molar-refractivity contribution in [3.63, 3.8) is 0 Å². The molecule has 2 aliphatic rings. The van der Waals surface area contributed by atoms with Crippen LogP contribution in [0.4, 0.5) is 0 Å². The Kier molecular flexibility index (Phi) is 6.39. The predicted octanol–water partition coefficient (Wildman–Crippen LogP) is 5.36. The van der Waals surface area contributed by atoms with Gasteiger partial charge in [-0.25, -0.2) is 0 Å². The summed E-state index contributed by atoms with van der Waals surface area (Å²) in [6, 6.07) is 26.9. The number of amides is 2. The van der Waals surface area contributed by atoms with Crippen LogP contribution in [0.25, 0.3) is 21.5 Å². The number of aryl methyl sites for hydroxylation is 1. The van der Waals surface area contributed by atoms with E-state index in [4.69, 9.17) is 0 Å². The molecule has 0 bridgehead atoms. The van der Waals surface area contributed by atoms with Crippen molar-refractivity contribution in [1.82, 2.24) is 14.7 Å². The minimum atomic E-state index is 0.131. The Morgan fingerprint density at radius 1 is 0.649 bits per heavy atom. The average Bonchev–Trinajstić information content (AvgIpc) is 2.95. The topological polar surface area (TPSA) is 43.9 Å². The zero-order chi connectivity index (χ0) is 25.4. The minimum absolute atomic E-state index is 0.131. The van der Waals surface area contributed by atoms with Gasteiger partial charge in [0.25, 0.3) is 11.8 Å². The van der Waals surface area contributed by atoms with Crippen LogP contribution in [0.5, 0.6) is 0 Å². The summed E-state index contributed by atoms with van der Waals surface area (Å²) in [6.45, 7) is 6.81. The molecule has 0 saturated carbocycles. The van der Waals surface area contributed by atoms with Crippen molar-refractivity contribution in [2.24, 2.45) is 0 Å².